The zero-order chi connectivity index (χ0) is 7.56. The minimum atomic E-state index is 0.565. The van der Waals surface area contributed by atoms with Gasteiger partial charge in [-0.15, -0.1) is 0 Å². The lowest BCUT2D eigenvalue weighted by atomic mass is 10.0. The van der Waals surface area contributed by atoms with Crippen LogP contribution in [0, 0.1) is 5.92 Å². The van der Waals surface area contributed by atoms with Crippen LogP contribution < -0.4 is 5.73 Å². The van der Waals surface area contributed by atoms with Crippen molar-refractivity contribution in [2.24, 2.45) is 11.7 Å². The predicted octanol–water partition coefficient (Wildman–Crippen LogP) is 2.21. The zero-order valence-corrected chi connectivity index (χ0v) is 6.72. The summed E-state index contributed by atoms with van der Waals surface area (Å²) in [5.74, 6) is 0.565. The third-order valence-corrected chi connectivity index (χ3v) is 2.12. The van der Waals surface area contributed by atoms with E-state index in [-0.39, 0.29) is 0 Å². The van der Waals surface area contributed by atoms with Crippen LogP contribution in [-0.4, -0.2) is 0 Å². The van der Waals surface area contributed by atoms with E-state index in [2.05, 4.69) is 26.0 Å². The highest BCUT2D eigenvalue weighted by atomic mass is 14.6. The van der Waals surface area contributed by atoms with Gasteiger partial charge in [0.1, 0.15) is 0 Å². The summed E-state index contributed by atoms with van der Waals surface area (Å²) >= 11 is 0. The molecular formula is C9H15N. The Morgan fingerprint density at radius 1 is 1.60 bits per heavy atom. The minimum absolute atomic E-state index is 0.565. The van der Waals surface area contributed by atoms with Crippen molar-refractivity contribution in [3.8, 4) is 0 Å². The highest BCUT2D eigenvalue weighted by molar-refractivity contribution is 5.24. The number of nitrogens with two attached hydrogens (primary N) is 1. The van der Waals surface area contributed by atoms with E-state index in [1.54, 1.807) is 0 Å². The molecule has 0 spiro atoms. The molecule has 1 atom stereocenters. The molecule has 1 nitrogen and oxygen atoms in total. The minimum Gasteiger partial charge on any atom is -0.402 e. The van der Waals surface area contributed by atoms with Crippen molar-refractivity contribution in [1.82, 2.24) is 0 Å². The first-order chi connectivity index (χ1) is 4.72. The first kappa shape index (κ1) is 7.39. The third kappa shape index (κ3) is 1.41. The molecule has 0 amide bonds. The molecule has 0 aromatic rings. The molecule has 1 aliphatic rings. The second-order valence-electron chi connectivity index (χ2n) is 3.02. The van der Waals surface area contributed by atoms with Crippen molar-refractivity contribution in [2.75, 3.05) is 0 Å². The van der Waals surface area contributed by atoms with Crippen LogP contribution in [0.2, 0.25) is 0 Å². The van der Waals surface area contributed by atoms with Crippen LogP contribution >= 0.6 is 0 Å². The molecule has 1 aliphatic carbocycles. The van der Waals surface area contributed by atoms with Gasteiger partial charge in [0.05, 0.1) is 0 Å². The molecule has 1 unspecified atom stereocenters. The monoisotopic (exact) mass is 137 g/mol. The fraction of sp³-hybridized carbons (Fsp3) is 0.556. The summed E-state index contributed by atoms with van der Waals surface area (Å²) < 4.78 is 0. The molecule has 1 rings (SSSR count). The second kappa shape index (κ2) is 2.91. The van der Waals surface area contributed by atoms with Gasteiger partial charge in [-0.05, 0) is 31.3 Å². The van der Waals surface area contributed by atoms with Gasteiger partial charge in [0.15, 0.2) is 0 Å². The fourth-order valence-electron chi connectivity index (χ4n) is 1.25. The maximum atomic E-state index is 5.85. The van der Waals surface area contributed by atoms with Crippen molar-refractivity contribution < 1.29 is 0 Å². The Kier molecular flexibility index (Phi) is 2.15. The van der Waals surface area contributed by atoms with Gasteiger partial charge >= 0.3 is 0 Å². The summed E-state index contributed by atoms with van der Waals surface area (Å²) in [5, 5.41) is 0. The smallest absolute Gasteiger partial charge is 0.0139 e. The van der Waals surface area contributed by atoms with Crippen LogP contribution in [0.15, 0.2) is 23.4 Å². The van der Waals surface area contributed by atoms with E-state index >= 15 is 0 Å². The van der Waals surface area contributed by atoms with E-state index in [1.807, 2.05) is 0 Å². The number of hydrogen-bond donors (Lipinski definition) is 1. The van der Waals surface area contributed by atoms with Crippen molar-refractivity contribution in [2.45, 2.75) is 26.7 Å². The second-order valence-corrected chi connectivity index (χ2v) is 3.02. The Morgan fingerprint density at radius 3 is 3.00 bits per heavy atom. The topological polar surface area (TPSA) is 26.0 Å². The SMILES string of the molecule is CC1=C(N)C(C)CCC=C1. The Morgan fingerprint density at radius 2 is 2.30 bits per heavy atom. The molecule has 0 aliphatic heterocycles. The first-order valence-electron chi connectivity index (χ1n) is 3.84. The van der Waals surface area contributed by atoms with Gasteiger partial charge in [-0.3, -0.25) is 0 Å². The van der Waals surface area contributed by atoms with Gasteiger partial charge in [0.2, 0.25) is 0 Å². The van der Waals surface area contributed by atoms with Gasteiger partial charge in [-0.2, -0.15) is 0 Å². The molecule has 0 aromatic heterocycles. The Bertz CT molecular complexity index is 177. The van der Waals surface area contributed by atoms with Crippen molar-refractivity contribution >= 4 is 0 Å². The van der Waals surface area contributed by atoms with Crippen molar-refractivity contribution in [1.29, 1.82) is 0 Å². The number of allylic oxidation sites excluding steroid dienone is 4. The molecule has 1 heteroatoms. The van der Waals surface area contributed by atoms with Crippen LogP contribution in [0.3, 0.4) is 0 Å². The lowest BCUT2D eigenvalue weighted by Crippen LogP contribution is -2.08. The molecule has 56 valence electrons. The molecule has 0 aromatic carbocycles. The van der Waals surface area contributed by atoms with Crippen molar-refractivity contribution in [3.05, 3.63) is 23.4 Å². The van der Waals surface area contributed by atoms with E-state index < -0.39 is 0 Å². The highest BCUT2D eigenvalue weighted by Crippen LogP contribution is 2.19. The first-order valence-corrected chi connectivity index (χ1v) is 3.84. The lowest BCUT2D eigenvalue weighted by Gasteiger charge is -2.09. The maximum Gasteiger partial charge on any atom is 0.0139 e. The van der Waals surface area contributed by atoms with Crippen LogP contribution in [0.25, 0.3) is 0 Å². The lowest BCUT2D eigenvalue weighted by molar-refractivity contribution is 0.616. The molecule has 10 heavy (non-hydrogen) atoms. The van der Waals surface area contributed by atoms with Gasteiger partial charge in [-0.25, -0.2) is 0 Å². The van der Waals surface area contributed by atoms with Crippen LogP contribution in [0.4, 0.5) is 0 Å². The molecular weight excluding hydrogens is 122 g/mol. The van der Waals surface area contributed by atoms with Crippen LogP contribution in [0.5, 0.6) is 0 Å². The van der Waals surface area contributed by atoms with Gasteiger partial charge in [0, 0.05) is 5.70 Å². The molecule has 0 saturated carbocycles. The van der Waals surface area contributed by atoms with Gasteiger partial charge < -0.3 is 5.73 Å². The van der Waals surface area contributed by atoms with E-state index in [1.165, 1.54) is 18.4 Å². The average Bonchev–Trinajstić information content (AvgIpc) is 2.04. The Balaban J connectivity index is 2.82. The number of hydrogen-bond acceptors (Lipinski definition) is 1. The van der Waals surface area contributed by atoms with Gasteiger partial charge in [-0.1, -0.05) is 19.1 Å². The summed E-state index contributed by atoms with van der Waals surface area (Å²) in [6.07, 6.45) is 6.68. The fourth-order valence-corrected chi connectivity index (χ4v) is 1.25. The van der Waals surface area contributed by atoms with Crippen LogP contribution in [-0.2, 0) is 0 Å². The molecule has 0 saturated heterocycles. The highest BCUT2D eigenvalue weighted by Gasteiger charge is 2.08. The summed E-state index contributed by atoms with van der Waals surface area (Å²) in [7, 11) is 0. The van der Waals surface area contributed by atoms with E-state index in [0.717, 1.165) is 5.70 Å². The predicted molar refractivity (Wildman–Crippen MR) is 44.4 cm³/mol. The molecule has 2 N–H and O–H groups in total. The quantitative estimate of drug-likeness (QED) is 0.544. The maximum absolute atomic E-state index is 5.85. The Labute approximate surface area is 62.6 Å². The number of rotatable bonds is 0. The molecule has 0 bridgehead atoms. The third-order valence-electron chi connectivity index (χ3n) is 2.12. The van der Waals surface area contributed by atoms with E-state index in [9.17, 15) is 0 Å². The summed E-state index contributed by atoms with van der Waals surface area (Å²) in [6, 6.07) is 0. The normalized spacial score (nSPS) is 26.8. The molecule has 0 radical (unpaired) electrons. The zero-order valence-electron chi connectivity index (χ0n) is 6.72. The summed E-state index contributed by atoms with van der Waals surface area (Å²) in [6.45, 7) is 4.26. The average molecular weight is 137 g/mol. The largest absolute Gasteiger partial charge is 0.402 e. The van der Waals surface area contributed by atoms with E-state index in [0.29, 0.717) is 5.92 Å². The Hall–Kier alpha value is -0.720. The molecule has 0 heterocycles. The summed E-state index contributed by atoms with van der Waals surface area (Å²) in [4.78, 5) is 0. The summed E-state index contributed by atoms with van der Waals surface area (Å²) in [5.41, 5.74) is 8.15. The van der Waals surface area contributed by atoms with E-state index in [4.69, 9.17) is 5.73 Å². The molecule has 0 fully saturated rings. The standard InChI is InChI=1S/C9H15N/c1-7-5-3-4-6-8(2)9(7)10/h3,5,8H,4,6,10H2,1-2H3. The van der Waals surface area contributed by atoms with Crippen molar-refractivity contribution in [3.63, 3.8) is 0 Å². The van der Waals surface area contributed by atoms with Crippen LogP contribution in [0.1, 0.15) is 26.7 Å². The van der Waals surface area contributed by atoms with Gasteiger partial charge in [0.25, 0.3) is 0 Å².